The molecule has 1 saturated heterocycles. The lowest BCUT2D eigenvalue weighted by Gasteiger charge is -2.58. The first-order valence-electron chi connectivity index (χ1n) is 14.5. The number of halogens is 4. The van der Waals surface area contributed by atoms with Crippen LogP contribution < -0.4 is 9.47 Å². The normalized spacial score (nSPS) is 20.3. The van der Waals surface area contributed by atoms with E-state index in [4.69, 9.17) is 14.6 Å². The number of fused-ring (bicyclic) bond motifs is 1. The van der Waals surface area contributed by atoms with E-state index in [-0.39, 0.29) is 35.9 Å². The summed E-state index contributed by atoms with van der Waals surface area (Å²) in [6, 6.07) is 16.1. The Labute approximate surface area is 247 Å². The molecule has 43 heavy (non-hydrogen) atoms. The topological polar surface area (TPSA) is 62.2 Å². The van der Waals surface area contributed by atoms with Crippen LogP contribution in [0.1, 0.15) is 48.1 Å². The van der Waals surface area contributed by atoms with E-state index < -0.39 is 36.1 Å². The van der Waals surface area contributed by atoms with Gasteiger partial charge < -0.3 is 14.6 Å². The maximum absolute atomic E-state index is 15.7. The lowest BCUT2D eigenvalue weighted by molar-refractivity contribution is -0.150. The number of aliphatic carboxylic acids is 1. The van der Waals surface area contributed by atoms with Crippen LogP contribution in [-0.4, -0.2) is 65.6 Å². The van der Waals surface area contributed by atoms with Crippen LogP contribution in [0.25, 0.3) is 0 Å². The summed E-state index contributed by atoms with van der Waals surface area (Å²) in [4.78, 5) is 14.2. The van der Waals surface area contributed by atoms with Crippen molar-refractivity contribution in [2.75, 3.05) is 32.7 Å². The van der Waals surface area contributed by atoms with Crippen LogP contribution in [0.3, 0.4) is 0 Å². The maximum atomic E-state index is 15.7. The van der Waals surface area contributed by atoms with Crippen LogP contribution in [0.5, 0.6) is 11.5 Å². The van der Waals surface area contributed by atoms with Gasteiger partial charge in [-0.2, -0.15) is 0 Å². The van der Waals surface area contributed by atoms with Gasteiger partial charge in [0.05, 0.1) is 25.2 Å². The first-order valence-corrected chi connectivity index (χ1v) is 14.5. The molecule has 3 aromatic rings. The Balaban J connectivity index is 1.20. The highest BCUT2D eigenvalue weighted by Gasteiger charge is 2.53. The van der Waals surface area contributed by atoms with Gasteiger partial charge >= 0.3 is 5.97 Å². The molecule has 2 aliphatic heterocycles. The number of rotatable bonds is 10. The van der Waals surface area contributed by atoms with E-state index >= 15 is 8.78 Å². The van der Waals surface area contributed by atoms with Crippen molar-refractivity contribution in [1.29, 1.82) is 0 Å². The van der Waals surface area contributed by atoms with Crippen LogP contribution in [0.15, 0.2) is 60.7 Å². The van der Waals surface area contributed by atoms with Gasteiger partial charge in [0, 0.05) is 49.7 Å². The largest absolute Gasteiger partial charge is 0.490 e. The van der Waals surface area contributed by atoms with E-state index in [9.17, 15) is 13.6 Å². The molecule has 1 N–H and O–H groups in total. The Morgan fingerprint density at radius 2 is 1.72 bits per heavy atom. The molecule has 1 unspecified atom stereocenters. The Morgan fingerprint density at radius 3 is 2.37 bits per heavy atom. The SMILES string of the molecule is CC(F)(F)CN1CCc2cc(OCc3ccccc3)ccc2C1c1c(F)cc(OC2CC3(C2)CN(CC(=O)O)C3)cc1F. The number of likely N-dealkylation sites (tertiary alicyclic amines) is 1. The molecule has 10 heteroatoms. The predicted octanol–water partition coefficient (Wildman–Crippen LogP) is 6.07. The summed E-state index contributed by atoms with van der Waals surface area (Å²) in [5, 5.41) is 8.94. The Morgan fingerprint density at radius 1 is 1.02 bits per heavy atom. The van der Waals surface area contributed by atoms with Gasteiger partial charge in [0.25, 0.3) is 5.92 Å². The number of carboxylic acid groups (broad SMARTS) is 1. The number of benzene rings is 3. The molecule has 1 aliphatic carbocycles. The molecule has 3 aromatic carbocycles. The van der Waals surface area contributed by atoms with E-state index in [1.54, 1.807) is 12.1 Å². The second-order valence-electron chi connectivity index (χ2n) is 12.3. The highest BCUT2D eigenvalue weighted by atomic mass is 19.3. The number of alkyl halides is 2. The van der Waals surface area contributed by atoms with Crippen LogP contribution in [-0.2, 0) is 17.8 Å². The quantitative estimate of drug-likeness (QED) is 0.286. The maximum Gasteiger partial charge on any atom is 0.317 e. The van der Waals surface area contributed by atoms with Crippen molar-refractivity contribution in [3.8, 4) is 11.5 Å². The zero-order valence-electron chi connectivity index (χ0n) is 23.9. The van der Waals surface area contributed by atoms with E-state index in [2.05, 4.69) is 0 Å². The third kappa shape index (κ3) is 6.50. The van der Waals surface area contributed by atoms with Gasteiger partial charge in [-0.15, -0.1) is 0 Å². The summed E-state index contributed by atoms with van der Waals surface area (Å²) >= 11 is 0. The molecule has 3 aliphatic rings. The number of nitrogens with zero attached hydrogens (tertiary/aromatic N) is 2. The molecule has 6 nitrogen and oxygen atoms in total. The molecule has 1 spiro atoms. The molecular formula is C33H34F4N2O4. The standard InChI is InChI=1S/C33H34F4N2O4/c1-32(36,37)18-39-10-9-22-11-23(42-17-21-5-3-2-4-6-21)7-8-26(22)31(39)30-27(34)12-24(13-28(30)35)43-25-14-33(15-25)19-38(20-33)16-29(40)41/h2-8,11-13,25,31H,9-10,14-20H2,1H3,(H,40,41). The highest BCUT2D eigenvalue weighted by Crippen LogP contribution is 2.50. The summed E-state index contributed by atoms with van der Waals surface area (Å²) in [7, 11) is 0. The van der Waals surface area contributed by atoms with Gasteiger partial charge in [0.2, 0.25) is 0 Å². The van der Waals surface area contributed by atoms with Crippen LogP contribution >= 0.6 is 0 Å². The number of hydrogen-bond acceptors (Lipinski definition) is 5. The van der Waals surface area contributed by atoms with E-state index in [0.29, 0.717) is 50.3 Å². The fourth-order valence-corrected chi connectivity index (χ4v) is 6.89. The molecule has 2 heterocycles. The monoisotopic (exact) mass is 598 g/mol. The third-order valence-corrected chi connectivity index (χ3v) is 8.60. The lowest BCUT2D eigenvalue weighted by Crippen LogP contribution is -2.65. The second-order valence-corrected chi connectivity index (χ2v) is 12.3. The zero-order chi connectivity index (χ0) is 30.4. The van der Waals surface area contributed by atoms with Crippen molar-refractivity contribution in [2.24, 2.45) is 5.41 Å². The van der Waals surface area contributed by atoms with Crippen molar-refractivity contribution in [3.05, 3.63) is 94.6 Å². The minimum Gasteiger partial charge on any atom is -0.490 e. The summed E-state index contributed by atoms with van der Waals surface area (Å²) < 4.78 is 71.8. The minimum atomic E-state index is -3.06. The zero-order valence-corrected chi connectivity index (χ0v) is 23.9. The lowest BCUT2D eigenvalue weighted by atomic mass is 9.62. The summed E-state index contributed by atoms with van der Waals surface area (Å²) in [6.07, 6.45) is 1.56. The molecule has 0 amide bonds. The van der Waals surface area contributed by atoms with Gasteiger partial charge in [-0.25, -0.2) is 17.6 Å². The molecular weight excluding hydrogens is 564 g/mol. The average Bonchev–Trinajstić information content (AvgIpc) is 2.89. The van der Waals surface area contributed by atoms with Gasteiger partial charge in [-0.3, -0.25) is 14.6 Å². The van der Waals surface area contributed by atoms with Gasteiger partial charge in [-0.05, 0) is 48.1 Å². The highest BCUT2D eigenvalue weighted by molar-refractivity contribution is 5.69. The minimum absolute atomic E-state index is 0.00149. The molecule has 1 saturated carbocycles. The van der Waals surface area contributed by atoms with E-state index in [0.717, 1.165) is 30.2 Å². The number of carboxylic acids is 1. The first kappa shape index (κ1) is 29.4. The van der Waals surface area contributed by atoms with Gasteiger partial charge in [0.1, 0.15) is 29.7 Å². The average molecular weight is 599 g/mol. The van der Waals surface area contributed by atoms with E-state index in [1.165, 1.54) is 4.90 Å². The van der Waals surface area contributed by atoms with Crippen LogP contribution in [0, 0.1) is 17.0 Å². The van der Waals surface area contributed by atoms with Crippen molar-refractivity contribution in [1.82, 2.24) is 9.80 Å². The van der Waals surface area contributed by atoms with Crippen molar-refractivity contribution in [3.63, 3.8) is 0 Å². The predicted molar refractivity (Wildman–Crippen MR) is 151 cm³/mol. The molecule has 1 atom stereocenters. The molecule has 0 bridgehead atoms. The first-order chi connectivity index (χ1) is 20.5. The Kier molecular flexibility index (Phi) is 7.85. The van der Waals surface area contributed by atoms with E-state index in [1.807, 2.05) is 41.3 Å². The van der Waals surface area contributed by atoms with Gasteiger partial charge in [0.15, 0.2) is 0 Å². The molecule has 2 fully saturated rings. The molecule has 0 aromatic heterocycles. The Bertz CT molecular complexity index is 1460. The third-order valence-electron chi connectivity index (χ3n) is 8.60. The van der Waals surface area contributed by atoms with Gasteiger partial charge in [-0.1, -0.05) is 36.4 Å². The summed E-state index contributed by atoms with van der Waals surface area (Å²) in [5.41, 5.74) is 2.06. The number of ether oxygens (including phenoxy) is 2. The second kappa shape index (κ2) is 11.5. The fraction of sp³-hybridized carbons (Fsp3) is 0.424. The summed E-state index contributed by atoms with van der Waals surface area (Å²) in [5.74, 6) is -5.00. The van der Waals surface area contributed by atoms with Crippen molar-refractivity contribution < 1.29 is 36.9 Å². The number of carbonyl (C=O) groups is 1. The Hall–Kier alpha value is -3.63. The van der Waals surface area contributed by atoms with Crippen molar-refractivity contribution >= 4 is 5.97 Å². The smallest absolute Gasteiger partial charge is 0.317 e. The molecule has 0 radical (unpaired) electrons. The van der Waals surface area contributed by atoms with Crippen LogP contribution in [0.4, 0.5) is 17.6 Å². The fourth-order valence-electron chi connectivity index (χ4n) is 6.89. The molecule has 6 rings (SSSR count). The number of hydrogen-bond donors (Lipinski definition) is 1. The molecule has 228 valence electrons. The summed E-state index contributed by atoms with van der Waals surface area (Å²) in [6.45, 7) is 2.03. The van der Waals surface area contributed by atoms with Crippen molar-refractivity contribution in [2.45, 2.75) is 50.9 Å². The van der Waals surface area contributed by atoms with Crippen LogP contribution in [0.2, 0.25) is 0 Å².